The molecule has 1 heterocycles. The molecule has 0 bridgehead atoms. The van der Waals surface area contributed by atoms with Crippen molar-refractivity contribution in [2.45, 2.75) is 24.7 Å². The Hall–Kier alpha value is -4.12. The number of non-ortho nitro benzene ring substituents is 1. The van der Waals surface area contributed by atoms with Crippen molar-refractivity contribution < 1.29 is 9.72 Å². The van der Waals surface area contributed by atoms with Gasteiger partial charge in [-0.05, 0) is 35.6 Å². The van der Waals surface area contributed by atoms with Crippen LogP contribution in [0.5, 0.6) is 0 Å². The number of carbonyl (C=O) groups is 1. The van der Waals surface area contributed by atoms with Crippen LogP contribution in [0.1, 0.15) is 35.8 Å². The average Bonchev–Trinajstić information content (AvgIpc) is 2.89. The van der Waals surface area contributed by atoms with Gasteiger partial charge in [0.25, 0.3) is 5.69 Å². The van der Waals surface area contributed by atoms with E-state index in [4.69, 9.17) is 28.9 Å². The summed E-state index contributed by atoms with van der Waals surface area (Å²) in [6.45, 7) is 0. The van der Waals surface area contributed by atoms with E-state index in [0.717, 1.165) is 5.56 Å². The van der Waals surface area contributed by atoms with Gasteiger partial charge in [-0.3, -0.25) is 19.8 Å². The predicted octanol–water partition coefficient (Wildman–Crippen LogP) is 6.60. The smallest absolute Gasteiger partial charge is 0.271 e. The van der Waals surface area contributed by atoms with E-state index in [-0.39, 0.29) is 45.9 Å². The Morgan fingerprint density at radius 1 is 1.00 bits per heavy atom. The van der Waals surface area contributed by atoms with E-state index in [0.29, 0.717) is 28.3 Å². The number of Topliss-reactive ketones (excluding diaryl/α,β-unsaturated/α-hetero) is 1. The van der Waals surface area contributed by atoms with Gasteiger partial charge in [0.1, 0.15) is 5.82 Å². The molecule has 2 N–H and O–H groups in total. The van der Waals surface area contributed by atoms with Gasteiger partial charge in [0.2, 0.25) is 0 Å². The van der Waals surface area contributed by atoms with Gasteiger partial charge >= 0.3 is 0 Å². The van der Waals surface area contributed by atoms with Crippen LogP contribution in [0.25, 0.3) is 0 Å². The number of benzene rings is 3. The molecule has 184 valence electrons. The van der Waals surface area contributed by atoms with Crippen LogP contribution in [0, 0.1) is 21.4 Å². The van der Waals surface area contributed by atoms with Gasteiger partial charge in [0, 0.05) is 34.8 Å². The molecule has 0 amide bonds. The first-order valence-electron chi connectivity index (χ1n) is 11.5. The van der Waals surface area contributed by atoms with Gasteiger partial charge in [-0.1, -0.05) is 71.7 Å². The lowest BCUT2D eigenvalue weighted by atomic mass is 9.72. The largest absolute Gasteiger partial charge is 0.384 e. The quantitative estimate of drug-likeness (QED) is 0.300. The van der Waals surface area contributed by atoms with Gasteiger partial charge in [0.15, 0.2) is 5.78 Å². The van der Waals surface area contributed by atoms with E-state index in [9.17, 15) is 20.2 Å². The highest BCUT2D eigenvalue weighted by Gasteiger charge is 2.44. The van der Waals surface area contributed by atoms with Crippen LogP contribution in [0.4, 0.5) is 11.4 Å². The van der Waals surface area contributed by atoms with E-state index >= 15 is 0 Å². The van der Waals surface area contributed by atoms with Crippen molar-refractivity contribution in [1.29, 1.82) is 5.26 Å². The lowest BCUT2D eigenvalue weighted by molar-refractivity contribution is -0.384. The molecule has 0 saturated heterocycles. The first-order chi connectivity index (χ1) is 17.8. The summed E-state index contributed by atoms with van der Waals surface area (Å²) < 4.78 is 0. The normalized spacial score (nSPS) is 19.5. The van der Waals surface area contributed by atoms with E-state index < -0.39 is 10.8 Å². The molecule has 0 spiro atoms. The van der Waals surface area contributed by atoms with Crippen molar-refractivity contribution in [3.8, 4) is 6.07 Å². The van der Waals surface area contributed by atoms with E-state index in [1.807, 2.05) is 30.3 Å². The molecule has 1 aliphatic carbocycles. The molecule has 2 atom stereocenters. The van der Waals surface area contributed by atoms with E-state index in [2.05, 4.69) is 6.07 Å². The Morgan fingerprint density at radius 3 is 2.38 bits per heavy atom. The van der Waals surface area contributed by atoms with Crippen molar-refractivity contribution in [2.24, 2.45) is 5.73 Å². The van der Waals surface area contributed by atoms with Crippen LogP contribution in [-0.2, 0) is 4.79 Å². The third-order valence-corrected chi connectivity index (χ3v) is 7.50. The van der Waals surface area contributed by atoms with Crippen LogP contribution in [0.15, 0.2) is 95.5 Å². The van der Waals surface area contributed by atoms with Gasteiger partial charge in [-0.15, -0.1) is 0 Å². The van der Waals surface area contributed by atoms with Crippen molar-refractivity contribution in [1.82, 2.24) is 0 Å². The fraction of sp³-hybridized carbons (Fsp3) is 0.143. The zero-order valence-corrected chi connectivity index (χ0v) is 20.9. The highest BCUT2D eigenvalue weighted by atomic mass is 35.5. The van der Waals surface area contributed by atoms with Gasteiger partial charge < -0.3 is 5.73 Å². The van der Waals surface area contributed by atoms with E-state index in [1.54, 1.807) is 24.3 Å². The minimum Gasteiger partial charge on any atom is -0.384 e. The molecule has 37 heavy (non-hydrogen) atoms. The summed E-state index contributed by atoms with van der Waals surface area (Å²) in [6.07, 6.45) is 0.642. The third-order valence-electron chi connectivity index (χ3n) is 6.84. The Balaban J connectivity index is 1.78. The average molecular weight is 531 g/mol. The number of anilines is 1. The number of ketones is 1. The minimum atomic E-state index is -0.772. The molecule has 3 aromatic carbocycles. The summed E-state index contributed by atoms with van der Waals surface area (Å²) >= 11 is 13.1. The summed E-state index contributed by atoms with van der Waals surface area (Å²) in [5.41, 5.74) is 9.32. The van der Waals surface area contributed by atoms with E-state index in [1.165, 1.54) is 23.1 Å². The van der Waals surface area contributed by atoms with Gasteiger partial charge in [-0.2, -0.15) is 5.26 Å². The Labute approximate surface area is 223 Å². The zero-order chi connectivity index (χ0) is 26.3. The highest BCUT2D eigenvalue weighted by molar-refractivity contribution is 6.33. The number of nitriles is 1. The number of rotatable bonds is 4. The second kappa shape index (κ2) is 9.74. The maximum Gasteiger partial charge on any atom is 0.271 e. The molecule has 9 heteroatoms. The second-order valence-corrected chi connectivity index (χ2v) is 9.71. The monoisotopic (exact) mass is 530 g/mol. The summed E-state index contributed by atoms with van der Waals surface area (Å²) in [5.74, 6) is -1.02. The number of nitro benzene ring substituents is 1. The van der Waals surface area contributed by atoms with Gasteiger partial charge in [-0.25, -0.2) is 0 Å². The highest BCUT2D eigenvalue weighted by Crippen LogP contribution is 2.51. The molecule has 0 fully saturated rings. The number of carbonyl (C=O) groups excluding carboxylic acids is 1. The Morgan fingerprint density at radius 2 is 1.70 bits per heavy atom. The summed E-state index contributed by atoms with van der Waals surface area (Å²) in [7, 11) is 0. The first-order valence-corrected chi connectivity index (χ1v) is 12.3. The molecular formula is C28H20Cl2N4O3. The standard InChI is InChI=1S/C28H20Cl2N4O3/c29-21-9-5-4-8-19(21)26-20(15-31)28(32)33(23-14-18(34(36)37)10-11-22(23)30)24-12-17(13-25(35)27(24)26)16-6-2-1-3-7-16/h1-11,14,17,26H,12-13,32H2/t17-,26-/m1/s1. The number of nitro groups is 1. The second-order valence-electron chi connectivity index (χ2n) is 8.89. The number of allylic oxidation sites excluding steroid dienone is 3. The lowest BCUT2D eigenvalue weighted by Crippen LogP contribution is -2.40. The van der Waals surface area contributed by atoms with Crippen molar-refractivity contribution in [3.05, 3.63) is 127 Å². The zero-order valence-electron chi connectivity index (χ0n) is 19.4. The topological polar surface area (TPSA) is 113 Å². The van der Waals surface area contributed by atoms with Crippen molar-refractivity contribution in [2.75, 3.05) is 4.90 Å². The molecule has 1 aliphatic heterocycles. The molecule has 7 nitrogen and oxygen atoms in total. The third kappa shape index (κ3) is 4.25. The number of halogens is 2. The number of hydrogen-bond donors (Lipinski definition) is 1. The van der Waals surface area contributed by atoms with Gasteiger partial charge in [0.05, 0.1) is 33.2 Å². The number of hydrogen-bond acceptors (Lipinski definition) is 6. The van der Waals surface area contributed by atoms with Crippen LogP contribution in [-0.4, -0.2) is 10.7 Å². The Bertz CT molecular complexity index is 1540. The minimum absolute atomic E-state index is 0.0510. The fourth-order valence-corrected chi connectivity index (χ4v) is 5.62. The Kier molecular flexibility index (Phi) is 6.46. The van der Waals surface area contributed by atoms with Crippen LogP contribution in [0.3, 0.4) is 0 Å². The lowest BCUT2D eigenvalue weighted by Gasteiger charge is -2.42. The first kappa shape index (κ1) is 24.6. The molecule has 2 aliphatic rings. The predicted molar refractivity (Wildman–Crippen MR) is 142 cm³/mol. The molecule has 0 radical (unpaired) electrons. The molecule has 0 saturated carbocycles. The molecule has 0 unspecified atom stereocenters. The maximum absolute atomic E-state index is 13.9. The molecular weight excluding hydrogens is 511 g/mol. The van der Waals surface area contributed by atoms with Crippen LogP contribution in [0.2, 0.25) is 10.0 Å². The van der Waals surface area contributed by atoms with Crippen LogP contribution < -0.4 is 10.6 Å². The molecule has 0 aromatic heterocycles. The summed E-state index contributed by atoms with van der Waals surface area (Å²) in [5, 5.41) is 22.4. The number of nitrogens with zero attached hydrogens (tertiary/aromatic N) is 3. The fourth-order valence-electron chi connectivity index (χ4n) is 5.17. The van der Waals surface area contributed by atoms with Crippen molar-refractivity contribution >= 4 is 40.4 Å². The summed E-state index contributed by atoms with van der Waals surface area (Å²) in [6, 6.07) is 22.9. The van der Waals surface area contributed by atoms with Crippen LogP contribution >= 0.6 is 23.2 Å². The summed E-state index contributed by atoms with van der Waals surface area (Å²) in [4.78, 5) is 26.4. The molecule has 3 aromatic rings. The number of nitrogens with two attached hydrogens (primary N) is 1. The molecule has 5 rings (SSSR count). The SMILES string of the molecule is N#CC1=C(N)N(c2cc([N+](=O)[O-])ccc2Cl)C2=C(C(=O)C[C@H](c3ccccc3)C2)[C@@H]1c1ccccc1Cl. The van der Waals surface area contributed by atoms with Crippen molar-refractivity contribution in [3.63, 3.8) is 0 Å². The maximum atomic E-state index is 13.9.